The monoisotopic (exact) mass is 212 g/mol. The van der Waals surface area contributed by atoms with E-state index in [4.69, 9.17) is 5.73 Å². The standard InChI is InChI=1S/C12H24N2O/c1-5-6-7-12(15)14(4)9-8-11(13)10(2)3/h5,10-11H,1,6-9,13H2,2-4H3. The van der Waals surface area contributed by atoms with Crippen molar-refractivity contribution in [2.24, 2.45) is 11.7 Å². The van der Waals surface area contributed by atoms with Gasteiger partial charge in [0, 0.05) is 26.1 Å². The Kier molecular flexibility index (Phi) is 7.05. The quantitative estimate of drug-likeness (QED) is 0.654. The number of nitrogens with two attached hydrogens (primary N) is 1. The summed E-state index contributed by atoms with van der Waals surface area (Å²) >= 11 is 0. The Bertz CT molecular complexity index is 202. The van der Waals surface area contributed by atoms with Crippen molar-refractivity contribution in [2.75, 3.05) is 13.6 Å². The van der Waals surface area contributed by atoms with E-state index in [-0.39, 0.29) is 11.9 Å². The Hall–Kier alpha value is -0.830. The van der Waals surface area contributed by atoms with Crippen LogP contribution in [0.15, 0.2) is 12.7 Å². The summed E-state index contributed by atoms with van der Waals surface area (Å²) in [5.74, 6) is 0.646. The molecule has 0 fully saturated rings. The summed E-state index contributed by atoms with van der Waals surface area (Å²) in [5.41, 5.74) is 5.91. The Morgan fingerprint density at radius 1 is 1.53 bits per heavy atom. The second-order valence-corrected chi connectivity index (χ2v) is 4.34. The number of allylic oxidation sites excluding steroid dienone is 1. The first-order chi connectivity index (χ1) is 6.99. The minimum atomic E-state index is 0.172. The molecule has 0 spiro atoms. The lowest BCUT2D eigenvalue weighted by Crippen LogP contribution is -2.34. The third kappa shape index (κ3) is 6.28. The highest BCUT2D eigenvalue weighted by molar-refractivity contribution is 5.75. The van der Waals surface area contributed by atoms with Crippen molar-refractivity contribution >= 4 is 5.91 Å². The molecule has 0 aromatic heterocycles. The Morgan fingerprint density at radius 2 is 2.13 bits per heavy atom. The zero-order valence-electron chi connectivity index (χ0n) is 10.2. The maximum Gasteiger partial charge on any atom is 0.222 e. The molecule has 1 atom stereocenters. The summed E-state index contributed by atoms with van der Waals surface area (Å²) in [4.78, 5) is 13.3. The number of rotatable bonds is 7. The van der Waals surface area contributed by atoms with E-state index in [0.717, 1.165) is 19.4 Å². The molecule has 0 saturated heterocycles. The third-order valence-electron chi connectivity index (χ3n) is 2.64. The Labute approximate surface area is 93.3 Å². The smallest absolute Gasteiger partial charge is 0.222 e. The van der Waals surface area contributed by atoms with Crippen LogP contribution in [0.25, 0.3) is 0 Å². The van der Waals surface area contributed by atoms with Gasteiger partial charge in [0.05, 0.1) is 0 Å². The Balaban J connectivity index is 3.77. The summed E-state index contributed by atoms with van der Waals surface area (Å²) in [6, 6.07) is 0.180. The first-order valence-corrected chi connectivity index (χ1v) is 5.59. The molecule has 0 rings (SSSR count). The number of carbonyl (C=O) groups is 1. The largest absolute Gasteiger partial charge is 0.346 e. The molecule has 0 saturated carbocycles. The third-order valence-corrected chi connectivity index (χ3v) is 2.64. The van der Waals surface area contributed by atoms with E-state index in [2.05, 4.69) is 20.4 Å². The fourth-order valence-corrected chi connectivity index (χ4v) is 1.22. The van der Waals surface area contributed by atoms with Crippen molar-refractivity contribution in [3.8, 4) is 0 Å². The summed E-state index contributed by atoms with van der Waals surface area (Å²) < 4.78 is 0. The van der Waals surface area contributed by atoms with Crippen LogP contribution in [0.4, 0.5) is 0 Å². The van der Waals surface area contributed by atoms with Crippen molar-refractivity contribution in [3.05, 3.63) is 12.7 Å². The van der Waals surface area contributed by atoms with E-state index in [1.54, 1.807) is 11.0 Å². The van der Waals surface area contributed by atoms with Gasteiger partial charge in [0.1, 0.15) is 0 Å². The topological polar surface area (TPSA) is 46.3 Å². The molecule has 1 unspecified atom stereocenters. The summed E-state index contributed by atoms with van der Waals surface area (Å²) in [5, 5.41) is 0. The van der Waals surface area contributed by atoms with Crippen molar-refractivity contribution < 1.29 is 4.79 Å². The van der Waals surface area contributed by atoms with Gasteiger partial charge in [0.15, 0.2) is 0 Å². The van der Waals surface area contributed by atoms with E-state index in [1.165, 1.54) is 0 Å². The minimum absolute atomic E-state index is 0.172. The predicted molar refractivity (Wildman–Crippen MR) is 64.5 cm³/mol. The van der Waals surface area contributed by atoms with Crippen LogP contribution in [-0.4, -0.2) is 30.4 Å². The zero-order valence-corrected chi connectivity index (χ0v) is 10.2. The summed E-state index contributed by atoms with van der Waals surface area (Å²) in [6.07, 6.45) is 3.94. The summed E-state index contributed by atoms with van der Waals surface area (Å²) in [6.45, 7) is 8.55. The molecule has 1 amide bonds. The first kappa shape index (κ1) is 14.2. The van der Waals surface area contributed by atoms with E-state index < -0.39 is 0 Å². The molecule has 15 heavy (non-hydrogen) atoms. The molecule has 3 heteroatoms. The van der Waals surface area contributed by atoms with Crippen LogP contribution in [0.5, 0.6) is 0 Å². The average molecular weight is 212 g/mol. The van der Waals surface area contributed by atoms with E-state index >= 15 is 0 Å². The van der Waals surface area contributed by atoms with E-state index in [1.807, 2.05) is 7.05 Å². The van der Waals surface area contributed by atoms with Crippen LogP contribution in [-0.2, 0) is 4.79 Å². The molecule has 0 aliphatic carbocycles. The van der Waals surface area contributed by atoms with Crippen LogP contribution < -0.4 is 5.73 Å². The van der Waals surface area contributed by atoms with Gasteiger partial charge in [-0.25, -0.2) is 0 Å². The van der Waals surface area contributed by atoms with E-state index in [9.17, 15) is 4.79 Å². The van der Waals surface area contributed by atoms with Gasteiger partial charge >= 0.3 is 0 Å². The molecule has 0 radical (unpaired) electrons. The lowest BCUT2D eigenvalue weighted by Gasteiger charge is -2.21. The predicted octanol–water partition coefficient (Wildman–Crippen LogP) is 1.78. The molecule has 2 N–H and O–H groups in total. The number of carbonyl (C=O) groups excluding carboxylic acids is 1. The molecule has 0 heterocycles. The van der Waals surface area contributed by atoms with Gasteiger partial charge in [0.2, 0.25) is 5.91 Å². The molecule has 0 aromatic carbocycles. The molecule has 88 valence electrons. The zero-order chi connectivity index (χ0) is 11.8. The lowest BCUT2D eigenvalue weighted by atomic mass is 10.0. The van der Waals surface area contributed by atoms with E-state index in [0.29, 0.717) is 12.3 Å². The highest BCUT2D eigenvalue weighted by Gasteiger charge is 2.11. The van der Waals surface area contributed by atoms with Gasteiger partial charge in [-0.05, 0) is 18.8 Å². The van der Waals surface area contributed by atoms with Gasteiger partial charge < -0.3 is 10.6 Å². The van der Waals surface area contributed by atoms with Crippen molar-refractivity contribution in [1.82, 2.24) is 4.90 Å². The number of amides is 1. The minimum Gasteiger partial charge on any atom is -0.346 e. The molecular weight excluding hydrogens is 188 g/mol. The van der Waals surface area contributed by atoms with Crippen molar-refractivity contribution in [1.29, 1.82) is 0 Å². The Morgan fingerprint density at radius 3 is 2.60 bits per heavy atom. The van der Waals surface area contributed by atoms with Crippen LogP contribution in [0, 0.1) is 5.92 Å². The lowest BCUT2D eigenvalue weighted by molar-refractivity contribution is -0.129. The average Bonchev–Trinajstić information content (AvgIpc) is 2.21. The molecule has 0 aliphatic heterocycles. The molecular formula is C12H24N2O. The van der Waals surface area contributed by atoms with Crippen LogP contribution in [0.1, 0.15) is 33.1 Å². The molecule has 0 aromatic rings. The first-order valence-electron chi connectivity index (χ1n) is 5.59. The fourth-order valence-electron chi connectivity index (χ4n) is 1.22. The molecule has 3 nitrogen and oxygen atoms in total. The van der Waals surface area contributed by atoms with Crippen LogP contribution >= 0.6 is 0 Å². The normalized spacial score (nSPS) is 12.6. The highest BCUT2D eigenvalue weighted by atomic mass is 16.2. The highest BCUT2D eigenvalue weighted by Crippen LogP contribution is 2.04. The second kappa shape index (κ2) is 7.46. The number of hydrogen-bond donors (Lipinski definition) is 1. The van der Waals surface area contributed by atoms with Gasteiger partial charge in [-0.15, -0.1) is 6.58 Å². The van der Waals surface area contributed by atoms with Crippen molar-refractivity contribution in [2.45, 2.75) is 39.2 Å². The molecule has 0 bridgehead atoms. The van der Waals surface area contributed by atoms with Crippen LogP contribution in [0.3, 0.4) is 0 Å². The SMILES string of the molecule is C=CCCC(=O)N(C)CCC(N)C(C)C. The van der Waals surface area contributed by atoms with Gasteiger partial charge in [-0.1, -0.05) is 19.9 Å². The van der Waals surface area contributed by atoms with Gasteiger partial charge in [-0.2, -0.15) is 0 Å². The van der Waals surface area contributed by atoms with Gasteiger partial charge in [-0.3, -0.25) is 4.79 Å². The number of nitrogens with zero attached hydrogens (tertiary/aromatic N) is 1. The maximum absolute atomic E-state index is 11.5. The van der Waals surface area contributed by atoms with Crippen molar-refractivity contribution in [3.63, 3.8) is 0 Å². The number of hydrogen-bond acceptors (Lipinski definition) is 2. The van der Waals surface area contributed by atoms with Crippen LogP contribution in [0.2, 0.25) is 0 Å². The maximum atomic E-state index is 11.5. The second-order valence-electron chi connectivity index (χ2n) is 4.34. The van der Waals surface area contributed by atoms with Gasteiger partial charge in [0.25, 0.3) is 0 Å². The molecule has 0 aliphatic rings. The fraction of sp³-hybridized carbons (Fsp3) is 0.750. The summed E-state index contributed by atoms with van der Waals surface area (Å²) in [7, 11) is 1.83.